The van der Waals surface area contributed by atoms with Crippen molar-refractivity contribution < 1.29 is 9.53 Å². The smallest absolute Gasteiger partial charge is 0.162 e. The lowest BCUT2D eigenvalue weighted by molar-refractivity contribution is 0.0981. The number of ether oxygens (including phenoxy) is 1. The van der Waals surface area contributed by atoms with Crippen molar-refractivity contribution in [3.05, 3.63) is 28.8 Å². The number of hydrogen-bond acceptors (Lipinski definition) is 3. The van der Waals surface area contributed by atoms with E-state index in [1.54, 1.807) is 0 Å². The number of Topliss-reactive ketones (excluding diaryl/α,β-unsaturated/α-hetero) is 1. The number of carbonyl (C=O) groups excluding carboxylic acids is 1. The van der Waals surface area contributed by atoms with E-state index in [0.717, 1.165) is 42.0 Å². The van der Waals surface area contributed by atoms with Gasteiger partial charge in [0.2, 0.25) is 0 Å². The first-order valence-corrected chi connectivity index (χ1v) is 8.11. The van der Waals surface area contributed by atoms with Gasteiger partial charge < -0.3 is 4.74 Å². The maximum atomic E-state index is 12.0. The molecule has 0 aromatic heterocycles. The summed E-state index contributed by atoms with van der Waals surface area (Å²) in [4.78, 5) is 14.4. The summed E-state index contributed by atoms with van der Waals surface area (Å²) in [6.07, 6.45) is 4.14. The molecule has 1 aliphatic heterocycles. The van der Waals surface area contributed by atoms with E-state index in [2.05, 4.69) is 4.90 Å². The standard InChI is InChI=1S/C18H27NO2/c1-4-7-17(20)16-12-14(2)18(15(3)13-16)21-11-10-19-8-5-6-9-19/h12-13H,4-11H2,1-3H3. The van der Waals surface area contributed by atoms with E-state index in [-0.39, 0.29) is 5.78 Å². The molecule has 1 aromatic rings. The minimum atomic E-state index is 0.229. The molecule has 1 heterocycles. The van der Waals surface area contributed by atoms with Crippen LogP contribution in [0.2, 0.25) is 0 Å². The van der Waals surface area contributed by atoms with Gasteiger partial charge in [0.15, 0.2) is 5.78 Å². The predicted molar refractivity (Wildman–Crippen MR) is 86.3 cm³/mol. The minimum absolute atomic E-state index is 0.229. The van der Waals surface area contributed by atoms with Crippen molar-refractivity contribution in [1.82, 2.24) is 4.90 Å². The molecule has 21 heavy (non-hydrogen) atoms. The van der Waals surface area contributed by atoms with Gasteiger partial charge in [-0.25, -0.2) is 0 Å². The molecular formula is C18H27NO2. The van der Waals surface area contributed by atoms with Gasteiger partial charge in [-0.3, -0.25) is 9.69 Å². The highest BCUT2D eigenvalue weighted by Crippen LogP contribution is 2.25. The van der Waals surface area contributed by atoms with E-state index >= 15 is 0 Å². The van der Waals surface area contributed by atoms with Crippen molar-refractivity contribution in [2.75, 3.05) is 26.2 Å². The molecule has 1 saturated heterocycles. The van der Waals surface area contributed by atoms with Gasteiger partial charge in [-0.05, 0) is 69.5 Å². The van der Waals surface area contributed by atoms with E-state index in [1.807, 2.05) is 32.9 Å². The van der Waals surface area contributed by atoms with E-state index in [1.165, 1.54) is 25.9 Å². The molecule has 0 bridgehead atoms. The summed E-state index contributed by atoms with van der Waals surface area (Å²) in [6.45, 7) is 10.2. The zero-order chi connectivity index (χ0) is 15.2. The largest absolute Gasteiger partial charge is 0.492 e. The molecule has 0 unspecified atom stereocenters. The van der Waals surface area contributed by atoms with Crippen molar-refractivity contribution in [1.29, 1.82) is 0 Å². The molecule has 0 amide bonds. The van der Waals surface area contributed by atoms with Gasteiger partial charge in [-0.2, -0.15) is 0 Å². The average molecular weight is 289 g/mol. The molecule has 1 aromatic carbocycles. The zero-order valence-electron chi connectivity index (χ0n) is 13.6. The van der Waals surface area contributed by atoms with Gasteiger partial charge in [0.05, 0.1) is 0 Å². The Morgan fingerprint density at radius 3 is 2.38 bits per heavy atom. The van der Waals surface area contributed by atoms with Crippen LogP contribution in [0.25, 0.3) is 0 Å². The Hall–Kier alpha value is -1.35. The number of hydrogen-bond donors (Lipinski definition) is 0. The molecule has 116 valence electrons. The number of benzene rings is 1. The molecular weight excluding hydrogens is 262 g/mol. The number of nitrogens with zero attached hydrogens (tertiary/aromatic N) is 1. The van der Waals surface area contributed by atoms with Gasteiger partial charge in [0.1, 0.15) is 12.4 Å². The molecule has 0 saturated carbocycles. The van der Waals surface area contributed by atoms with E-state index in [9.17, 15) is 4.79 Å². The third-order valence-electron chi connectivity index (χ3n) is 4.11. The number of rotatable bonds is 7. The van der Waals surface area contributed by atoms with E-state index in [4.69, 9.17) is 4.74 Å². The SMILES string of the molecule is CCCC(=O)c1cc(C)c(OCCN2CCCC2)c(C)c1. The van der Waals surface area contributed by atoms with Gasteiger partial charge in [-0.15, -0.1) is 0 Å². The Bertz CT molecular complexity index is 467. The van der Waals surface area contributed by atoms with Crippen molar-refractivity contribution in [2.45, 2.75) is 46.5 Å². The summed E-state index contributed by atoms with van der Waals surface area (Å²) in [5.41, 5.74) is 2.95. The fourth-order valence-electron chi connectivity index (χ4n) is 2.99. The molecule has 0 radical (unpaired) electrons. The highest BCUT2D eigenvalue weighted by molar-refractivity contribution is 5.96. The van der Waals surface area contributed by atoms with Gasteiger partial charge >= 0.3 is 0 Å². The van der Waals surface area contributed by atoms with Crippen LogP contribution in [-0.2, 0) is 0 Å². The first-order valence-electron chi connectivity index (χ1n) is 8.11. The summed E-state index contributed by atoms with van der Waals surface area (Å²) in [6, 6.07) is 3.94. The maximum Gasteiger partial charge on any atom is 0.162 e. The Balaban J connectivity index is 1.97. The van der Waals surface area contributed by atoms with Crippen LogP contribution < -0.4 is 4.74 Å². The fourth-order valence-corrected chi connectivity index (χ4v) is 2.99. The second-order valence-corrected chi connectivity index (χ2v) is 6.01. The van der Waals surface area contributed by atoms with Crippen LogP contribution in [0.4, 0.5) is 0 Å². The second kappa shape index (κ2) is 7.60. The van der Waals surface area contributed by atoms with Crippen molar-refractivity contribution in [2.24, 2.45) is 0 Å². The first-order chi connectivity index (χ1) is 10.1. The van der Waals surface area contributed by atoms with Crippen LogP contribution in [0.3, 0.4) is 0 Å². The van der Waals surface area contributed by atoms with Crippen LogP contribution in [0.5, 0.6) is 5.75 Å². The maximum absolute atomic E-state index is 12.0. The summed E-state index contributed by atoms with van der Waals surface area (Å²) < 4.78 is 5.97. The Kier molecular flexibility index (Phi) is 5.80. The van der Waals surface area contributed by atoms with E-state index in [0.29, 0.717) is 6.42 Å². The monoisotopic (exact) mass is 289 g/mol. The lowest BCUT2D eigenvalue weighted by atomic mass is 10.0. The summed E-state index contributed by atoms with van der Waals surface area (Å²) in [7, 11) is 0. The Morgan fingerprint density at radius 2 is 1.81 bits per heavy atom. The molecule has 1 aliphatic rings. The van der Waals surface area contributed by atoms with Crippen LogP contribution in [0.15, 0.2) is 12.1 Å². The van der Waals surface area contributed by atoms with Crippen molar-refractivity contribution >= 4 is 5.78 Å². The van der Waals surface area contributed by atoms with Crippen LogP contribution in [0, 0.1) is 13.8 Å². The lowest BCUT2D eigenvalue weighted by Crippen LogP contribution is -2.25. The van der Waals surface area contributed by atoms with Crippen LogP contribution in [0.1, 0.15) is 54.1 Å². The number of carbonyl (C=O) groups is 1. The molecule has 0 N–H and O–H groups in total. The normalized spacial score (nSPS) is 15.4. The van der Waals surface area contributed by atoms with Gasteiger partial charge in [0, 0.05) is 18.5 Å². The first kappa shape index (κ1) is 16.0. The summed E-state index contributed by atoms with van der Waals surface area (Å²) >= 11 is 0. The molecule has 0 spiro atoms. The zero-order valence-corrected chi connectivity index (χ0v) is 13.6. The molecule has 0 aliphatic carbocycles. The summed E-state index contributed by atoms with van der Waals surface area (Å²) in [5, 5.41) is 0. The average Bonchev–Trinajstić information content (AvgIpc) is 2.95. The predicted octanol–water partition coefficient (Wildman–Crippen LogP) is 3.76. The topological polar surface area (TPSA) is 29.5 Å². The fraction of sp³-hybridized carbons (Fsp3) is 0.611. The minimum Gasteiger partial charge on any atom is -0.492 e. The lowest BCUT2D eigenvalue weighted by Gasteiger charge is -2.17. The third kappa shape index (κ3) is 4.31. The highest BCUT2D eigenvalue weighted by atomic mass is 16.5. The highest BCUT2D eigenvalue weighted by Gasteiger charge is 2.13. The second-order valence-electron chi connectivity index (χ2n) is 6.01. The van der Waals surface area contributed by atoms with Crippen LogP contribution >= 0.6 is 0 Å². The molecule has 1 fully saturated rings. The van der Waals surface area contributed by atoms with Gasteiger partial charge in [-0.1, -0.05) is 6.92 Å². The molecule has 2 rings (SSSR count). The number of likely N-dealkylation sites (tertiary alicyclic amines) is 1. The molecule has 3 nitrogen and oxygen atoms in total. The van der Waals surface area contributed by atoms with Crippen LogP contribution in [-0.4, -0.2) is 36.9 Å². The van der Waals surface area contributed by atoms with Crippen molar-refractivity contribution in [3.8, 4) is 5.75 Å². The summed E-state index contributed by atoms with van der Waals surface area (Å²) in [5.74, 6) is 1.18. The third-order valence-corrected chi connectivity index (χ3v) is 4.11. The number of ketones is 1. The Labute approximate surface area is 128 Å². The molecule has 0 atom stereocenters. The number of aryl methyl sites for hydroxylation is 2. The Morgan fingerprint density at radius 1 is 1.19 bits per heavy atom. The molecule has 3 heteroatoms. The quantitative estimate of drug-likeness (QED) is 0.716. The van der Waals surface area contributed by atoms with Gasteiger partial charge in [0.25, 0.3) is 0 Å². The van der Waals surface area contributed by atoms with Crippen molar-refractivity contribution in [3.63, 3.8) is 0 Å². The van der Waals surface area contributed by atoms with E-state index < -0.39 is 0 Å².